The Morgan fingerprint density at radius 2 is 1.68 bits per heavy atom. The van der Waals surface area contributed by atoms with Crippen LogP contribution in [0.1, 0.15) is 18.9 Å². The molecule has 0 fully saturated rings. The van der Waals surface area contributed by atoms with Crippen LogP contribution in [0, 0.1) is 0 Å². The van der Waals surface area contributed by atoms with Gasteiger partial charge in [-0.25, -0.2) is 8.42 Å². The fourth-order valence-electron chi connectivity index (χ4n) is 3.91. The molecule has 0 saturated heterocycles. The molecule has 196 valence electrons. The maximum Gasteiger partial charge on any atom is 0.264 e. The van der Waals surface area contributed by atoms with Crippen molar-refractivity contribution in [1.82, 2.24) is 10.2 Å². The zero-order valence-corrected chi connectivity index (χ0v) is 23.3. The van der Waals surface area contributed by atoms with Gasteiger partial charge in [0.2, 0.25) is 11.8 Å². The molecule has 8 nitrogen and oxygen atoms in total. The SMILES string of the molecule is CC[C@@H](C(=O)NC)N(Cc1cccc(OC)c1)C(=O)CN(c1ccc(Br)cc1)S(=O)(=O)c1ccccc1. The summed E-state index contributed by atoms with van der Waals surface area (Å²) in [6, 6.07) is 21.0. The summed E-state index contributed by atoms with van der Waals surface area (Å²) in [6.07, 6.45) is 0.346. The van der Waals surface area contributed by atoms with E-state index in [1.165, 1.54) is 24.1 Å². The van der Waals surface area contributed by atoms with Crippen LogP contribution in [0.5, 0.6) is 5.75 Å². The van der Waals surface area contributed by atoms with Gasteiger partial charge in [0.25, 0.3) is 10.0 Å². The molecule has 37 heavy (non-hydrogen) atoms. The fourth-order valence-corrected chi connectivity index (χ4v) is 5.61. The molecule has 0 aliphatic rings. The lowest BCUT2D eigenvalue weighted by molar-refractivity contribution is -0.140. The molecular weight excluding hydrogens is 558 g/mol. The van der Waals surface area contributed by atoms with Crippen molar-refractivity contribution in [1.29, 1.82) is 0 Å². The molecule has 2 amide bonds. The van der Waals surface area contributed by atoms with Crippen LogP contribution in [0.25, 0.3) is 0 Å². The van der Waals surface area contributed by atoms with E-state index in [0.29, 0.717) is 17.9 Å². The number of rotatable bonds is 11. The molecule has 0 spiro atoms. The molecule has 3 rings (SSSR count). The molecule has 0 unspecified atom stereocenters. The summed E-state index contributed by atoms with van der Waals surface area (Å²) in [5.74, 6) is -0.235. The van der Waals surface area contributed by atoms with Gasteiger partial charge in [-0.2, -0.15) is 0 Å². The summed E-state index contributed by atoms with van der Waals surface area (Å²) in [4.78, 5) is 28.1. The number of amides is 2. The number of carbonyl (C=O) groups excluding carboxylic acids is 2. The average molecular weight is 589 g/mol. The lowest BCUT2D eigenvalue weighted by atomic mass is 10.1. The summed E-state index contributed by atoms with van der Waals surface area (Å²) in [5.41, 5.74) is 1.07. The minimum absolute atomic E-state index is 0.0587. The van der Waals surface area contributed by atoms with E-state index in [2.05, 4.69) is 21.2 Å². The second-order valence-electron chi connectivity index (χ2n) is 8.21. The largest absolute Gasteiger partial charge is 0.497 e. The monoisotopic (exact) mass is 587 g/mol. The number of hydrogen-bond acceptors (Lipinski definition) is 5. The molecule has 0 saturated carbocycles. The van der Waals surface area contributed by atoms with Crippen molar-refractivity contribution in [2.75, 3.05) is 25.0 Å². The third-order valence-electron chi connectivity index (χ3n) is 5.84. The van der Waals surface area contributed by atoms with E-state index >= 15 is 0 Å². The van der Waals surface area contributed by atoms with Gasteiger partial charge in [-0.15, -0.1) is 0 Å². The quantitative estimate of drug-likeness (QED) is 0.362. The number of methoxy groups -OCH3 is 1. The first kappa shape index (κ1) is 28.2. The van der Waals surface area contributed by atoms with Gasteiger partial charge in [0, 0.05) is 18.1 Å². The molecule has 0 aliphatic heterocycles. The van der Waals surface area contributed by atoms with Crippen LogP contribution in [0.15, 0.2) is 88.2 Å². The Kier molecular flexibility index (Phi) is 9.71. The second-order valence-corrected chi connectivity index (χ2v) is 11.0. The van der Waals surface area contributed by atoms with Crippen molar-refractivity contribution < 1.29 is 22.7 Å². The first-order valence-electron chi connectivity index (χ1n) is 11.7. The zero-order valence-electron chi connectivity index (χ0n) is 20.9. The highest BCUT2D eigenvalue weighted by Crippen LogP contribution is 2.26. The average Bonchev–Trinajstić information content (AvgIpc) is 2.92. The van der Waals surface area contributed by atoms with Crippen LogP contribution >= 0.6 is 15.9 Å². The minimum atomic E-state index is -4.09. The van der Waals surface area contributed by atoms with E-state index in [0.717, 1.165) is 14.3 Å². The number of halogens is 1. The molecule has 0 heterocycles. The number of anilines is 1. The lowest BCUT2D eigenvalue weighted by Crippen LogP contribution is -2.51. The third kappa shape index (κ3) is 6.90. The van der Waals surface area contributed by atoms with E-state index in [9.17, 15) is 18.0 Å². The highest BCUT2D eigenvalue weighted by atomic mass is 79.9. The van der Waals surface area contributed by atoms with Gasteiger partial charge >= 0.3 is 0 Å². The second kappa shape index (κ2) is 12.7. The Morgan fingerprint density at radius 3 is 2.27 bits per heavy atom. The third-order valence-corrected chi connectivity index (χ3v) is 8.16. The zero-order chi connectivity index (χ0) is 27.0. The summed E-state index contributed by atoms with van der Waals surface area (Å²) < 4.78 is 34.5. The number of carbonyl (C=O) groups is 2. The van der Waals surface area contributed by atoms with Gasteiger partial charge in [-0.05, 0) is 60.5 Å². The Hall–Kier alpha value is -3.37. The summed E-state index contributed by atoms with van der Waals surface area (Å²) in [5, 5.41) is 2.61. The van der Waals surface area contributed by atoms with Gasteiger partial charge in [0.05, 0.1) is 17.7 Å². The Morgan fingerprint density at radius 1 is 1.00 bits per heavy atom. The fraction of sp³-hybridized carbons (Fsp3) is 0.259. The van der Waals surface area contributed by atoms with Gasteiger partial charge in [0.15, 0.2) is 0 Å². The van der Waals surface area contributed by atoms with Gasteiger partial charge in [-0.3, -0.25) is 13.9 Å². The van der Waals surface area contributed by atoms with Crippen LogP contribution < -0.4 is 14.4 Å². The molecule has 10 heteroatoms. The number of hydrogen-bond donors (Lipinski definition) is 1. The van der Waals surface area contributed by atoms with Crippen molar-refractivity contribution in [3.63, 3.8) is 0 Å². The lowest BCUT2D eigenvalue weighted by Gasteiger charge is -2.33. The van der Waals surface area contributed by atoms with Crippen molar-refractivity contribution in [2.24, 2.45) is 0 Å². The van der Waals surface area contributed by atoms with Crippen LogP contribution in [-0.2, 0) is 26.2 Å². The number of nitrogens with one attached hydrogen (secondary N) is 1. The summed E-state index contributed by atoms with van der Waals surface area (Å²) >= 11 is 3.37. The maximum absolute atomic E-state index is 13.9. The van der Waals surface area contributed by atoms with Crippen molar-refractivity contribution in [3.8, 4) is 5.75 Å². The molecule has 1 N–H and O–H groups in total. The predicted octanol–water partition coefficient (Wildman–Crippen LogP) is 4.21. The number of likely N-dealkylation sites (N-methyl/N-ethyl adjacent to an activating group) is 1. The summed E-state index contributed by atoms with van der Waals surface area (Å²) in [6.45, 7) is 1.41. The smallest absolute Gasteiger partial charge is 0.264 e. The molecular formula is C27H30BrN3O5S. The van der Waals surface area contributed by atoms with Gasteiger partial charge < -0.3 is 15.0 Å². The molecule has 3 aromatic rings. The van der Waals surface area contributed by atoms with Crippen LogP contribution in [0.2, 0.25) is 0 Å². The molecule has 0 aliphatic carbocycles. The number of nitrogens with zero attached hydrogens (tertiary/aromatic N) is 2. The highest BCUT2D eigenvalue weighted by molar-refractivity contribution is 9.10. The maximum atomic E-state index is 13.9. The van der Waals surface area contributed by atoms with Crippen LogP contribution in [0.4, 0.5) is 5.69 Å². The van der Waals surface area contributed by atoms with Crippen molar-refractivity contribution in [3.05, 3.63) is 88.9 Å². The van der Waals surface area contributed by atoms with E-state index in [4.69, 9.17) is 4.74 Å². The molecule has 3 aromatic carbocycles. The number of sulfonamides is 1. The van der Waals surface area contributed by atoms with Gasteiger partial charge in [-0.1, -0.05) is 53.2 Å². The Labute approximate surface area is 226 Å². The predicted molar refractivity (Wildman–Crippen MR) is 147 cm³/mol. The topological polar surface area (TPSA) is 96.0 Å². The van der Waals surface area contributed by atoms with Crippen LogP contribution in [-0.4, -0.2) is 51.9 Å². The van der Waals surface area contributed by atoms with E-state index < -0.39 is 28.5 Å². The number of ether oxygens (including phenoxy) is 1. The van der Waals surface area contributed by atoms with Gasteiger partial charge in [0.1, 0.15) is 18.3 Å². The number of benzene rings is 3. The minimum Gasteiger partial charge on any atom is -0.497 e. The molecule has 0 bridgehead atoms. The Bertz CT molecular complexity index is 1320. The molecule has 0 radical (unpaired) electrons. The van der Waals surface area contributed by atoms with E-state index in [1.54, 1.807) is 74.7 Å². The normalized spacial score (nSPS) is 11.9. The summed E-state index contributed by atoms with van der Waals surface area (Å²) in [7, 11) is -1.03. The molecule has 0 aromatic heterocycles. The molecule has 1 atom stereocenters. The van der Waals surface area contributed by atoms with E-state index in [1.807, 2.05) is 6.07 Å². The van der Waals surface area contributed by atoms with Crippen LogP contribution in [0.3, 0.4) is 0 Å². The van der Waals surface area contributed by atoms with Crippen molar-refractivity contribution >= 4 is 43.5 Å². The van der Waals surface area contributed by atoms with Crippen molar-refractivity contribution in [2.45, 2.75) is 30.8 Å². The standard InChI is InChI=1S/C27H30BrN3O5S/c1-4-25(27(33)29-2)30(18-20-9-8-10-23(17-20)36-3)26(32)19-31(22-15-13-21(28)14-16-22)37(34,35)24-11-6-5-7-12-24/h5-17,25H,4,18-19H2,1-3H3,(H,29,33)/t25-/m0/s1. The first-order chi connectivity index (χ1) is 17.7. The highest BCUT2D eigenvalue weighted by Gasteiger charge is 2.33. The van der Waals surface area contributed by atoms with E-state index in [-0.39, 0.29) is 17.3 Å². The first-order valence-corrected chi connectivity index (χ1v) is 13.9. The Balaban J connectivity index is 2.04.